The largest absolute Gasteiger partial charge is 0.329 e. The molecule has 0 bridgehead atoms. The number of nitrogens with two attached hydrogens (primary N) is 1. The van der Waals surface area contributed by atoms with E-state index in [4.69, 9.17) is 5.73 Å². The van der Waals surface area contributed by atoms with Gasteiger partial charge in [-0.25, -0.2) is 0 Å². The molecule has 0 radical (unpaired) electrons. The second-order valence-electron chi connectivity index (χ2n) is 13.3. The topological polar surface area (TPSA) is 41.3 Å². The van der Waals surface area contributed by atoms with Crippen LogP contribution in [0.2, 0.25) is 0 Å². The molecule has 0 fully saturated rings. The summed E-state index contributed by atoms with van der Waals surface area (Å²) in [4.78, 5) is 2.57. The molecule has 0 saturated heterocycles. The van der Waals surface area contributed by atoms with Crippen LogP contribution in [-0.2, 0) is 0 Å². The quantitative estimate of drug-likeness (QED) is 0.0548. The van der Waals surface area contributed by atoms with E-state index < -0.39 is 0 Å². The van der Waals surface area contributed by atoms with Gasteiger partial charge in [-0.1, -0.05) is 154 Å². The monoisotopic (exact) mass is 604 g/mol. The third-order valence-electron chi connectivity index (χ3n) is 8.90. The van der Waals surface area contributed by atoms with Crippen molar-refractivity contribution in [3.63, 3.8) is 0 Å². The highest BCUT2D eigenvalue weighted by atomic mass is 15.1. The number of rotatable bonds is 37. The molecule has 3 heteroatoms. The molecule has 3 nitrogen and oxygen atoms in total. The predicted molar refractivity (Wildman–Crippen MR) is 197 cm³/mol. The minimum absolute atomic E-state index is 0.779. The molecular formula is C40H81N3. The van der Waals surface area contributed by atoms with Crippen molar-refractivity contribution in [2.75, 3.05) is 39.3 Å². The van der Waals surface area contributed by atoms with Crippen LogP contribution in [0.15, 0.2) is 24.3 Å². The van der Waals surface area contributed by atoms with Gasteiger partial charge in [0.15, 0.2) is 0 Å². The molecule has 0 aliphatic heterocycles. The molecule has 0 heterocycles. The summed E-state index contributed by atoms with van der Waals surface area (Å²) in [6, 6.07) is 0. The van der Waals surface area contributed by atoms with Crippen molar-refractivity contribution in [1.29, 1.82) is 0 Å². The van der Waals surface area contributed by atoms with E-state index in [1.165, 1.54) is 193 Å². The molecular weight excluding hydrogens is 522 g/mol. The van der Waals surface area contributed by atoms with Crippen LogP contribution in [0.1, 0.15) is 194 Å². The molecule has 0 saturated carbocycles. The first-order chi connectivity index (χ1) is 21.3. The van der Waals surface area contributed by atoms with Gasteiger partial charge in [-0.3, -0.25) is 0 Å². The van der Waals surface area contributed by atoms with E-state index in [1.807, 2.05) is 0 Å². The Morgan fingerprint density at radius 1 is 0.395 bits per heavy atom. The number of nitrogens with one attached hydrogen (secondary N) is 1. The zero-order chi connectivity index (χ0) is 31.2. The highest BCUT2D eigenvalue weighted by molar-refractivity contribution is 4.82. The minimum Gasteiger partial charge on any atom is -0.329 e. The fraction of sp³-hybridized carbons (Fsp3) is 0.900. The lowest BCUT2D eigenvalue weighted by atomic mass is 10.1. The van der Waals surface area contributed by atoms with Crippen molar-refractivity contribution >= 4 is 0 Å². The molecule has 0 amide bonds. The molecule has 0 atom stereocenters. The van der Waals surface area contributed by atoms with Gasteiger partial charge in [-0.05, 0) is 77.3 Å². The maximum Gasteiger partial charge on any atom is 0.0107 e. The lowest BCUT2D eigenvalue weighted by Gasteiger charge is -2.21. The first-order valence-electron chi connectivity index (χ1n) is 19.8. The molecule has 43 heavy (non-hydrogen) atoms. The van der Waals surface area contributed by atoms with Crippen molar-refractivity contribution in [2.45, 2.75) is 194 Å². The Bertz CT molecular complexity index is 544. The Hall–Kier alpha value is -0.640. The van der Waals surface area contributed by atoms with Crippen LogP contribution in [0.3, 0.4) is 0 Å². The van der Waals surface area contributed by atoms with Crippen molar-refractivity contribution in [3.8, 4) is 0 Å². The van der Waals surface area contributed by atoms with Gasteiger partial charge in [0.1, 0.15) is 0 Å². The third kappa shape index (κ3) is 37.5. The molecule has 3 N–H and O–H groups in total. The Kier molecular flexibility index (Phi) is 38.8. The number of hydrogen-bond donors (Lipinski definition) is 2. The fourth-order valence-electron chi connectivity index (χ4n) is 5.96. The van der Waals surface area contributed by atoms with E-state index in [0.29, 0.717) is 0 Å². The molecule has 256 valence electrons. The van der Waals surface area contributed by atoms with Gasteiger partial charge >= 0.3 is 0 Å². The maximum atomic E-state index is 5.89. The highest BCUT2D eigenvalue weighted by Crippen LogP contribution is 2.11. The molecule has 0 spiro atoms. The summed E-state index contributed by atoms with van der Waals surface area (Å²) in [6.45, 7) is 11.1. The lowest BCUT2D eigenvalue weighted by molar-refractivity contribution is 0.273. The first kappa shape index (κ1) is 42.4. The van der Waals surface area contributed by atoms with Crippen molar-refractivity contribution in [3.05, 3.63) is 24.3 Å². The summed E-state index contributed by atoms with van der Waals surface area (Å²) >= 11 is 0. The summed E-state index contributed by atoms with van der Waals surface area (Å²) in [5.74, 6) is 0. The number of allylic oxidation sites excluding steroid dienone is 4. The van der Waals surface area contributed by atoms with Gasteiger partial charge in [0.25, 0.3) is 0 Å². The summed E-state index contributed by atoms with van der Waals surface area (Å²) in [5, 5.41) is 3.68. The number of nitrogens with zero attached hydrogens (tertiary/aromatic N) is 1. The highest BCUT2D eigenvalue weighted by Gasteiger charge is 2.03. The second-order valence-corrected chi connectivity index (χ2v) is 13.3. The van der Waals surface area contributed by atoms with Crippen LogP contribution < -0.4 is 11.1 Å². The predicted octanol–water partition coefficient (Wildman–Crippen LogP) is 11.9. The molecule has 0 aromatic carbocycles. The van der Waals surface area contributed by atoms with Gasteiger partial charge in [-0.15, -0.1) is 0 Å². The molecule has 0 rings (SSSR count). The fourth-order valence-corrected chi connectivity index (χ4v) is 5.96. The van der Waals surface area contributed by atoms with E-state index in [1.54, 1.807) is 0 Å². The van der Waals surface area contributed by atoms with Gasteiger partial charge in [0.2, 0.25) is 0 Å². The second kappa shape index (κ2) is 39.4. The Morgan fingerprint density at radius 2 is 0.767 bits per heavy atom. The summed E-state index contributed by atoms with van der Waals surface area (Å²) in [5.41, 5.74) is 5.89. The van der Waals surface area contributed by atoms with Crippen LogP contribution in [0.25, 0.3) is 0 Å². The van der Waals surface area contributed by atoms with E-state index in [9.17, 15) is 0 Å². The van der Waals surface area contributed by atoms with Gasteiger partial charge in [-0.2, -0.15) is 0 Å². The molecule has 0 aromatic heterocycles. The Balaban J connectivity index is 3.42. The maximum absolute atomic E-state index is 5.89. The molecule has 0 aliphatic rings. The summed E-state index contributed by atoms with van der Waals surface area (Å²) in [6.07, 6.45) is 48.3. The Labute approximate surface area is 272 Å². The molecule has 0 unspecified atom stereocenters. The van der Waals surface area contributed by atoms with Crippen molar-refractivity contribution in [2.24, 2.45) is 5.73 Å². The van der Waals surface area contributed by atoms with E-state index >= 15 is 0 Å². The lowest BCUT2D eigenvalue weighted by Crippen LogP contribution is -2.36. The van der Waals surface area contributed by atoms with Crippen LogP contribution in [-0.4, -0.2) is 44.2 Å². The smallest absolute Gasteiger partial charge is 0.0107 e. The zero-order valence-corrected chi connectivity index (χ0v) is 29.9. The minimum atomic E-state index is 0.779. The normalized spacial score (nSPS) is 12.1. The molecule has 0 aliphatic carbocycles. The average Bonchev–Trinajstić information content (AvgIpc) is 3.01. The third-order valence-corrected chi connectivity index (χ3v) is 8.90. The van der Waals surface area contributed by atoms with Crippen LogP contribution >= 0.6 is 0 Å². The van der Waals surface area contributed by atoms with Crippen LogP contribution in [0, 0.1) is 0 Å². The average molecular weight is 604 g/mol. The van der Waals surface area contributed by atoms with Gasteiger partial charge < -0.3 is 16.0 Å². The number of hydrogen-bond acceptors (Lipinski definition) is 3. The van der Waals surface area contributed by atoms with Crippen molar-refractivity contribution in [1.82, 2.24) is 10.2 Å². The first-order valence-corrected chi connectivity index (χ1v) is 19.8. The van der Waals surface area contributed by atoms with E-state index in [-0.39, 0.29) is 0 Å². The van der Waals surface area contributed by atoms with Crippen LogP contribution in [0.4, 0.5) is 0 Å². The molecule has 0 aromatic rings. The van der Waals surface area contributed by atoms with Crippen LogP contribution in [0.5, 0.6) is 0 Å². The SMILES string of the molecule is CCCCCCCC/C=C\CCCCCCCCNCCN(CCN)CCCCCCCC/C=C\CCCCCCCC. The van der Waals surface area contributed by atoms with E-state index in [0.717, 1.165) is 26.2 Å². The Morgan fingerprint density at radius 3 is 1.19 bits per heavy atom. The summed E-state index contributed by atoms with van der Waals surface area (Å²) < 4.78 is 0. The zero-order valence-electron chi connectivity index (χ0n) is 29.9. The summed E-state index contributed by atoms with van der Waals surface area (Å²) in [7, 11) is 0. The van der Waals surface area contributed by atoms with Gasteiger partial charge in [0, 0.05) is 26.2 Å². The van der Waals surface area contributed by atoms with Gasteiger partial charge in [0.05, 0.1) is 0 Å². The number of unbranched alkanes of at least 4 members (excludes halogenated alkanes) is 24. The van der Waals surface area contributed by atoms with Crippen molar-refractivity contribution < 1.29 is 0 Å². The van der Waals surface area contributed by atoms with E-state index in [2.05, 4.69) is 48.4 Å². The standard InChI is InChI=1S/C40H81N3/c1-3-5-7-9-11-13-15-17-19-21-23-25-27-29-31-33-36-42-37-40-43(39-35-41)38-34-32-30-28-26-24-22-20-18-16-14-12-10-8-6-4-2/h17-20,42H,3-16,21-41H2,1-2H3/b19-17-,20-18-.